The Hall–Kier alpha value is -2.16. The van der Waals surface area contributed by atoms with Crippen molar-refractivity contribution in [3.8, 4) is 0 Å². The third-order valence-electron chi connectivity index (χ3n) is 2.81. The van der Waals surface area contributed by atoms with Crippen LogP contribution in [0.15, 0.2) is 47.6 Å². The summed E-state index contributed by atoms with van der Waals surface area (Å²) >= 11 is 0. The van der Waals surface area contributed by atoms with Gasteiger partial charge in [0.2, 0.25) is 5.91 Å². The highest BCUT2D eigenvalue weighted by Gasteiger charge is 2.02. The summed E-state index contributed by atoms with van der Waals surface area (Å²) in [5, 5.41) is 6.32. The molecule has 0 aliphatic heterocycles. The van der Waals surface area contributed by atoms with Gasteiger partial charge in [0.1, 0.15) is 0 Å². The van der Waals surface area contributed by atoms with Crippen LogP contribution < -0.4 is 5.43 Å². The van der Waals surface area contributed by atoms with Gasteiger partial charge in [-0.2, -0.15) is 5.10 Å². The van der Waals surface area contributed by atoms with Crippen LogP contribution >= 0.6 is 0 Å². The van der Waals surface area contributed by atoms with E-state index in [1.807, 2.05) is 44.2 Å². The Labute approximate surface area is 113 Å². The Morgan fingerprint density at radius 3 is 2.74 bits per heavy atom. The summed E-state index contributed by atoms with van der Waals surface area (Å²) in [5.74, 6) is 0.291. The lowest BCUT2D eigenvalue weighted by atomic mass is 10.1. The molecule has 0 fully saturated rings. The summed E-state index contributed by atoms with van der Waals surface area (Å²) in [4.78, 5) is 11.5. The maximum atomic E-state index is 11.5. The van der Waals surface area contributed by atoms with Gasteiger partial charge in [0.05, 0.1) is 6.21 Å². The molecule has 2 aromatic rings. The molecular weight excluding hydrogens is 236 g/mol. The van der Waals surface area contributed by atoms with Crippen LogP contribution in [0.5, 0.6) is 0 Å². The number of carbonyl (C=O) groups excluding carboxylic acids is 1. The summed E-state index contributed by atoms with van der Waals surface area (Å²) in [6.45, 7) is 4.02. The molecule has 98 valence electrons. The minimum absolute atomic E-state index is 0.0495. The van der Waals surface area contributed by atoms with Gasteiger partial charge in [0.25, 0.3) is 0 Å². The van der Waals surface area contributed by atoms with Crippen molar-refractivity contribution in [2.24, 2.45) is 11.0 Å². The van der Waals surface area contributed by atoms with Crippen LogP contribution in [-0.2, 0) is 4.79 Å². The van der Waals surface area contributed by atoms with Gasteiger partial charge in [-0.15, -0.1) is 0 Å². The van der Waals surface area contributed by atoms with Crippen molar-refractivity contribution in [1.82, 2.24) is 5.43 Å². The number of hydrogen-bond acceptors (Lipinski definition) is 2. The van der Waals surface area contributed by atoms with Crippen molar-refractivity contribution in [2.45, 2.75) is 20.3 Å². The summed E-state index contributed by atoms with van der Waals surface area (Å²) in [7, 11) is 0. The molecule has 3 nitrogen and oxygen atoms in total. The maximum absolute atomic E-state index is 11.5. The first-order chi connectivity index (χ1) is 9.16. The molecule has 0 spiro atoms. The zero-order valence-corrected chi connectivity index (χ0v) is 11.3. The molecule has 0 saturated carbocycles. The fraction of sp³-hybridized carbons (Fsp3) is 0.250. The first-order valence-electron chi connectivity index (χ1n) is 6.46. The van der Waals surface area contributed by atoms with Gasteiger partial charge in [0.15, 0.2) is 0 Å². The Bertz CT molecular complexity index is 597. The molecule has 0 aliphatic rings. The third-order valence-corrected chi connectivity index (χ3v) is 2.81. The predicted octanol–water partition coefficient (Wildman–Crippen LogP) is 3.34. The summed E-state index contributed by atoms with van der Waals surface area (Å²) < 4.78 is 0. The largest absolute Gasteiger partial charge is 0.273 e. The van der Waals surface area contributed by atoms with Gasteiger partial charge in [-0.05, 0) is 16.7 Å². The van der Waals surface area contributed by atoms with Gasteiger partial charge in [-0.25, -0.2) is 5.43 Å². The number of amides is 1. The molecule has 0 saturated heterocycles. The van der Waals surface area contributed by atoms with Crippen molar-refractivity contribution in [3.63, 3.8) is 0 Å². The molecule has 0 unspecified atom stereocenters. The van der Waals surface area contributed by atoms with E-state index in [0.717, 1.165) is 10.9 Å². The van der Waals surface area contributed by atoms with Gasteiger partial charge in [-0.3, -0.25) is 4.79 Å². The lowest BCUT2D eigenvalue weighted by molar-refractivity contribution is -0.121. The van der Waals surface area contributed by atoms with Crippen LogP contribution in [0.25, 0.3) is 10.8 Å². The number of hydrogen-bond donors (Lipinski definition) is 1. The third kappa shape index (κ3) is 3.65. The van der Waals surface area contributed by atoms with Gasteiger partial charge >= 0.3 is 0 Å². The van der Waals surface area contributed by atoms with Crippen LogP contribution in [0.1, 0.15) is 25.8 Å². The van der Waals surface area contributed by atoms with E-state index in [1.54, 1.807) is 6.21 Å². The van der Waals surface area contributed by atoms with E-state index in [1.165, 1.54) is 5.39 Å². The maximum Gasteiger partial charge on any atom is 0.240 e. The monoisotopic (exact) mass is 254 g/mol. The lowest BCUT2D eigenvalue weighted by Gasteiger charge is -2.03. The Kier molecular flexibility index (Phi) is 4.29. The molecule has 2 rings (SSSR count). The highest BCUT2D eigenvalue weighted by Crippen LogP contribution is 2.16. The highest BCUT2D eigenvalue weighted by molar-refractivity contribution is 5.99. The second-order valence-corrected chi connectivity index (χ2v) is 4.96. The summed E-state index contributed by atoms with van der Waals surface area (Å²) in [6.07, 6.45) is 2.19. The van der Waals surface area contributed by atoms with E-state index in [4.69, 9.17) is 0 Å². The van der Waals surface area contributed by atoms with Crippen molar-refractivity contribution in [3.05, 3.63) is 48.0 Å². The Balaban J connectivity index is 2.11. The van der Waals surface area contributed by atoms with Crippen molar-refractivity contribution in [1.29, 1.82) is 0 Å². The number of benzene rings is 2. The number of nitrogens with one attached hydrogen (secondary N) is 1. The van der Waals surface area contributed by atoms with Crippen LogP contribution in [0.2, 0.25) is 0 Å². The molecule has 0 atom stereocenters. The standard InChI is InChI=1S/C16H18N2O/c1-12(2)10-16(19)18-17-11-14-8-5-7-13-6-3-4-9-15(13)14/h3-9,11-12H,10H2,1-2H3,(H,18,19)/b17-11-. The first-order valence-corrected chi connectivity index (χ1v) is 6.46. The number of nitrogens with zero attached hydrogens (tertiary/aromatic N) is 1. The molecule has 1 N–H and O–H groups in total. The Morgan fingerprint density at radius 2 is 1.95 bits per heavy atom. The Morgan fingerprint density at radius 1 is 1.21 bits per heavy atom. The minimum atomic E-state index is -0.0495. The second kappa shape index (κ2) is 6.14. The molecule has 0 aliphatic carbocycles. The van der Waals surface area contributed by atoms with E-state index >= 15 is 0 Å². The fourth-order valence-electron chi connectivity index (χ4n) is 1.95. The average molecular weight is 254 g/mol. The van der Waals surface area contributed by atoms with Crippen LogP contribution in [0.4, 0.5) is 0 Å². The smallest absolute Gasteiger partial charge is 0.240 e. The molecule has 3 heteroatoms. The number of fused-ring (bicyclic) bond motifs is 1. The number of carbonyl (C=O) groups is 1. The van der Waals surface area contributed by atoms with Gasteiger partial charge in [-0.1, -0.05) is 56.3 Å². The minimum Gasteiger partial charge on any atom is -0.273 e. The average Bonchev–Trinajstić information content (AvgIpc) is 2.38. The number of hydrazone groups is 1. The lowest BCUT2D eigenvalue weighted by Crippen LogP contribution is -2.19. The molecule has 2 aromatic carbocycles. The normalized spacial score (nSPS) is 11.3. The molecule has 19 heavy (non-hydrogen) atoms. The molecule has 0 radical (unpaired) electrons. The van der Waals surface area contributed by atoms with E-state index in [0.29, 0.717) is 12.3 Å². The van der Waals surface area contributed by atoms with Crippen LogP contribution in [0, 0.1) is 5.92 Å². The zero-order chi connectivity index (χ0) is 13.7. The van der Waals surface area contributed by atoms with E-state index in [2.05, 4.69) is 22.7 Å². The van der Waals surface area contributed by atoms with E-state index in [-0.39, 0.29) is 5.91 Å². The van der Waals surface area contributed by atoms with Gasteiger partial charge < -0.3 is 0 Å². The first kappa shape index (κ1) is 13.3. The topological polar surface area (TPSA) is 41.5 Å². The predicted molar refractivity (Wildman–Crippen MR) is 79.1 cm³/mol. The second-order valence-electron chi connectivity index (χ2n) is 4.96. The van der Waals surface area contributed by atoms with E-state index < -0.39 is 0 Å². The fourth-order valence-corrected chi connectivity index (χ4v) is 1.95. The molecule has 1 amide bonds. The summed E-state index contributed by atoms with van der Waals surface area (Å²) in [5.41, 5.74) is 3.56. The molecule has 0 heterocycles. The van der Waals surface area contributed by atoms with Gasteiger partial charge in [0, 0.05) is 12.0 Å². The van der Waals surface area contributed by atoms with Crippen LogP contribution in [-0.4, -0.2) is 12.1 Å². The molecular formula is C16H18N2O. The highest BCUT2D eigenvalue weighted by atomic mass is 16.2. The SMILES string of the molecule is CC(C)CC(=O)N/N=C\c1cccc2ccccc12. The molecule has 0 bridgehead atoms. The number of rotatable bonds is 4. The quantitative estimate of drug-likeness (QED) is 0.660. The summed E-state index contributed by atoms with van der Waals surface area (Å²) in [6, 6.07) is 14.1. The van der Waals surface area contributed by atoms with Crippen molar-refractivity contribution >= 4 is 22.9 Å². The van der Waals surface area contributed by atoms with Crippen molar-refractivity contribution < 1.29 is 4.79 Å². The van der Waals surface area contributed by atoms with Crippen LogP contribution in [0.3, 0.4) is 0 Å². The van der Waals surface area contributed by atoms with E-state index in [9.17, 15) is 4.79 Å². The molecule has 0 aromatic heterocycles. The van der Waals surface area contributed by atoms with Crippen molar-refractivity contribution in [2.75, 3.05) is 0 Å². The zero-order valence-electron chi connectivity index (χ0n) is 11.3.